The van der Waals surface area contributed by atoms with Gasteiger partial charge in [0.2, 0.25) is 0 Å². The smallest absolute Gasteiger partial charge is 0.1000 e. The summed E-state index contributed by atoms with van der Waals surface area (Å²) < 4.78 is 0. The summed E-state index contributed by atoms with van der Waals surface area (Å²) >= 11 is 12.3. The minimum atomic E-state index is -1.06. The van der Waals surface area contributed by atoms with Crippen molar-refractivity contribution in [1.82, 2.24) is 0 Å². The third-order valence-electron chi connectivity index (χ3n) is 3.30. The van der Waals surface area contributed by atoms with Gasteiger partial charge in [-0.1, -0.05) is 29.8 Å². The number of benzene rings is 1. The van der Waals surface area contributed by atoms with E-state index in [1.807, 2.05) is 24.3 Å². The number of hydrogen-bond donors (Lipinski definition) is 2. The van der Waals surface area contributed by atoms with Gasteiger partial charge in [-0.05, 0) is 24.5 Å². The second-order valence-electron chi connectivity index (χ2n) is 4.47. The first-order valence-electron chi connectivity index (χ1n) is 5.35. The maximum absolute atomic E-state index is 10.5. The Morgan fingerprint density at radius 1 is 1.35 bits per heavy atom. The van der Waals surface area contributed by atoms with E-state index in [-0.39, 0.29) is 19.0 Å². The van der Waals surface area contributed by atoms with Gasteiger partial charge in [-0.2, -0.15) is 0 Å². The third kappa shape index (κ3) is 2.88. The molecule has 1 atom stereocenters. The highest BCUT2D eigenvalue weighted by Crippen LogP contribution is 2.52. The molecule has 1 aliphatic rings. The summed E-state index contributed by atoms with van der Waals surface area (Å²) in [5, 5.41) is 11.1. The van der Waals surface area contributed by atoms with E-state index < -0.39 is 10.5 Å². The molecule has 5 heteroatoms. The molecule has 0 bridgehead atoms. The lowest BCUT2D eigenvalue weighted by atomic mass is 9.89. The highest BCUT2D eigenvalue weighted by atomic mass is 35.5. The van der Waals surface area contributed by atoms with Gasteiger partial charge in [0.15, 0.2) is 0 Å². The Morgan fingerprint density at radius 2 is 1.94 bits per heavy atom. The topological polar surface area (TPSA) is 46.2 Å². The van der Waals surface area contributed by atoms with E-state index in [1.54, 1.807) is 0 Å². The van der Waals surface area contributed by atoms with Gasteiger partial charge in [0.25, 0.3) is 0 Å². The number of alkyl halides is 1. The van der Waals surface area contributed by atoms with E-state index in [0.717, 1.165) is 18.4 Å². The van der Waals surface area contributed by atoms with Crippen LogP contribution in [-0.2, 0) is 6.42 Å². The molecule has 1 saturated carbocycles. The molecule has 0 aromatic heterocycles. The lowest BCUT2D eigenvalue weighted by Crippen LogP contribution is -2.49. The van der Waals surface area contributed by atoms with Crippen molar-refractivity contribution in [2.45, 2.75) is 29.7 Å². The van der Waals surface area contributed by atoms with E-state index in [2.05, 4.69) is 0 Å². The molecule has 1 fully saturated rings. The predicted octanol–water partition coefficient (Wildman–Crippen LogP) is 2.77. The second-order valence-corrected chi connectivity index (χ2v) is 5.60. The van der Waals surface area contributed by atoms with Crippen LogP contribution in [0.25, 0.3) is 0 Å². The Labute approximate surface area is 118 Å². The van der Waals surface area contributed by atoms with Crippen molar-refractivity contribution in [3.63, 3.8) is 0 Å². The summed E-state index contributed by atoms with van der Waals surface area (Å²) in [5.41, 5.74) is 5.49. The minimum Gasteiger partial charge on any atom is -0.386 e. The summed E-state index contributed by atoms with van der Waals surface area (Å²) in [5.74, 6) is 0. The molecule has 96 valence electrons. The Kier molecular flexibility index (Phi) is 4.73. The molecule has 0 amide bonds. The second kappa shape index (κ2) is 5.33. The largest absolute Gasteiger partial charge is 0.386 e. The fraction of sp³-hybridized carbons (Fsp3) is 0.500. The number of halogens is 3. The summed E-state index contributed by atoms with van der Waals surface area (Å²) in [4.78, 5) is -0.555. The van der Waals surface area contributed by atoms with Crippen LogP contribution in [-0.4, -0.2) is 22.1 Å². The average molecular weight is 297 g/mol. The van der Waals surface area contributed by atoms with Crippen LogP contribution in [0.4, 0.5) is 0 Å². The average Bonchev–Trinajstić information content (AvgIpc) is 3.01. The van der Waals surface area contributed by atoms with Crippen LogP contribution in [0.2, 0.25) is 5.02 Å². The zero-order chi connectivity index (χ0) is 11.8. The van der Waals surface area contributed by atoms with E-state index in [0.29, 0.717) is 11.4 Å². The van der Waals surface area contributed by atoms with Crippen molar-refractivity contribution < 1.29 is 5.11 Å². The van der Waals surface area contributed by atoms with E-state index >= 15 is 0 Å². The Bertz CT molecular complexity index is 395. The highest BCUT2D eigenvalue weighted by molar-refractivity contribution is 6.31. The number of hydrogen-bond acceptors (Lipinski definition) is 2. The molecule has 0 radical (unpaired) electrons. The predicted molar refractivity (Wildman–Crippen MR) is 74.2 cm³/mol. The Balaban J connectivity index is 0.00000144. The van der Waals surface area contributed by atoms with Gasteiger partial charge in [-0.25, -0.2) is 0 Å². The normalized spacial score (nSPS) is 20.2. The fourth-order valence-electron chi connectivity index (χ4n) is 1.95. The van der Waals surface area contributed by atoms with Crippen molar-refractivity contribution in [3.05, 3.63) is 34.9 Å². The van der Waals surface area contributed by atoms with Crippen molar-refractivity contribution in [3.8, 4) is 0 Å². The van der Waals surface area contributed by atoms with Crippen molar-refractivity contribution >= 4 is 35.6 Å². The molecular weight excluding hydrogens is 280 g/mol. The highest BCUT2D eigenvalue weighted by Gasteiger charge is 2.57. The van der Waals surface area contributed by atoms with Crippen LogP contribution in [0.15, 0.2) is 24.3 Å². The van der Waals surface area contributed by atoms with E-state index in [9.17, 15) is 5.11 Å². The monoisotopic (exact) mass is 295 g/mol. The molecule has 2 nitrogen and oxygen atoms in total. The lowest BCUT2D eigenvalue weighted by Gasteiger charge is -2.32. The van der Waals surface area contributed by atoms with Gasteiger partial charge in [-0.3, -0.25) is 0 Å². The van der Waals surface area contributed by atoms with Crippen LogP contribution in [0.1, 0.15) is 18.4 Å². The Morgan fingerprint density at radius 3 is 2.41 bits per heavy atom. The van der Waals surface area contributed by atoms with Crippen LogP contribution in [0.3, 0.4) is 0 Å². The Hall–Kier alpha value is 0.01000. The first-order chi connectivity index (χ1) is 7.51. The number of rotatable bonds is 4. The van der Waals surface area contributed by atoms with E-state index in [4.69, 9.17) is 28.9 Å². The molecular formula is C12H16Cl3NO. The van der Waals surface area contributed by atoms with Crippen LogP contribution in [0, 0.1) is 0 Å². The fourth-order valence-corrected chi connectivity index (χ4v) is 2.39. The molecule has 17 heavy (non-hydrogen) atoms. The molecule has 1 unspecified atom stereocenters. The molecule has 1 aliphatic carbocycles. The molecule has 0 heterocycles. The van der Waals surface area contributed by atoms with Gasteiger partial charge in [0.1, 0.15) is 0 Å². The minimum absolute atomic E-state index is 0. The van der Waals surface area contributed by atoms with Gasteiger partial charge < -0.3 is 10.8 Å². The molecule has 0 aliphatic heterocycles. The van der Waals surface area contributed by atoms with Gasteiger partial charge in [0.05, 0.1) is 10.5 Å². The zero-order valence-corrected chi connectivity index (χ0v) is 11.7. The summed E-state index contributed by atoms with van der Waals surface area (Å²) in [6.45, 7) is 0.154. The first kappa shape index (κ1) is 15.1. The lowest BCUT2D eigenvalue weighted by molar-refractivity contribution is 0.0371. The summed E-state index contributed by atoms with van der Waals surface area (Å²) in [6.07, 6.45) is 2.03. The van der Waals surface area contributed by atoms with E-state index in [1.165, 1.54) is 0 Å². The van der Waals surface area contributed by atoms with Crippen molar-refractivity contribution in [2.75, 3.05) is 6.54 Å². The molecule has 1 aromatic carbocycles. The summed E-state index contributed by atoms with van der Waals surface area (Å²) in [6, 6.07) is 7.46. The standard InChI is InChI=1S/C12H15Cl2NO.ClH/c13-10-4-2-1-3-9(10)7-12(16,8-15)11(14)5-6-11;/h1-4,16H,5-8,15H2;1H. The molecule has 2 rings (SSSR count). The van der Waals surface area contributed by atoms with Gasteiger partial charge in [-0.15, -0.1) is 24.0 Å². The zero-order valence-electron chi connectivity index (χ0n) is 9.33. The number of aliphatic hydroxyl groups is 1. The van der Waals surface area contributed by atoms with Crippen LogP contribution >= 0.6 is 35.6 Å². The van der Waals surface area contributed by atoms with Crippen molar-refractivity contribution in [2.24, 2.45) is 5.73 Å². The quantitative estimate of drug-likeness (QED) is 0.839. The molecule has 3 N–H and O–H groups in total. The maximum Gasteiger partial charge on any atom is 0.1000 e. The summed E-state index contributed by atoms with van der Waals surface area (Å²) in [7, 11) is 0. The maximum atomic E-state index is 10.5. The molecule has 0 saturated heterocycles. The SMILES string of the molecule is Cl.NCC(O)(Cc1ccccc1Cl)C1(Cl)CC1. The van der Waals surface area contributed by atoms with Crippen LogP contribution < -0.4 is 5.73 Å². The van der Waals surface area contributed by atoms with Crippen LogP contribution in [0.5, 0.6) is 0 Å². The number of nitrogens with two attached hydrogens (primary N) is 1. The molecule has 0 spiro atoms. The van der Waals surface area contributed by atoms with Gasteiger partial charge in [0, 0.05) is 18.0 Å². The van der Waals surface area contributed by atoms with Gasteiger partial charge >= 0.3 is 0 Å². The van der Waals surface area contributed by atoms with Crippen molar-refractivity contribution in [1.29, 1.82) is 0 Å². The third-order valence-corrected chi connectivity index (χ3v) is 4.40. The first-order valence-corrected chi connectivity index (χ1v) is 6.11. The molecule has 1 aromatic rings.